The van der Waals surface area contributed by atoms with Gasteiger partial charge in [0.2, 0.25) is 0 Å². The molecule has 0 bridgehead atoms. The Balaban J connectivity index is 1.45. The van der Waals surface area contributed by atoms with Gasteiger partial charge in [0.25, 0.3) is 11.8 Å². The van der Waals surface area contributed by atoms with Crippen LogP contribution in [0, 0.1) is 0 Å². The molecule has 0 radical (unpaired) electrons. The largest absolute Gasteiger partial charge is 0.489 e. The second kappa shape index (κ2) is 7.56. The molecule has 2 N–H and O–H groups in total. The molecule has 1 aliphatic heterocycles. The number of rotatable bonds is 4. The molecule has 3 aromatic rings. The number of hydrogen-bond acceptors (Lipinski definition) is 4. The van der Waals surface area contributed by atoms with Crippen molar-refractivity contribution < 1.29 is 14.3 Å². The van der Waals surface area contributed by atoms with Crippen molar-refractivity contribution in [3.8, 4) is 5.75 Å². The zero-order valence-electron chi connectivity index (χ0n) is 15.4. The van der Waals surface area contributed by atoms with E-state index in [-0.39, 0.29) is 18.3 Å². The number of benzene rings is 2. The molecule has 7 nitrogen and oxygen atoms in total. The van der Waals surface area contributed by atoms with Gasteiger partial charge in [0.15, 0.2) is 5.82 Å². The highest BCUT2D eigenvalue weighted by molar-refractivity contribution is 6.02. The molecule has 28 heavy (non-hydrogen) atoms. The summed E-state index contributed by atoms with van der Waals surface area (Å²) in [7, 11) is 1.67. The van der Waals surface area contributed by atoms with Gasteiger partial charge in [0.05, 0.1) is 5.69 Å². The number of ether oxygens (including phenoxy) is 1. The van der Waals surface area contributed by atoms with Gasteiger partial charge in [-0.05, 0) is 17.7 Å². The lowest BCUT2D eigenvalue weighted by Gasteiger charge is -2.19. The Morgan fingerprint density at radius 2 is 1.96 bits per heavy atom. The average Bonchev–Trinajstić information content (AvgIpc) is 3.15. The number of imidazole rings is 1. The van der Waals surface area contributed by atoms with E-state index in [2.05, 4.69) is 15.3 Å². The molecule has 1 atom stereocenters. The lowest BCUT2D eigenvalue weighted by Crippen LogP contribution is -2.49. The fourth-order valence-corrected chi connectivity index (χ4v) is 3.16. The Morgan fingerprint density at radius 1 is 1.21 bits per heavy atom. The van der Waals surface area contributed by atoms with Gasteiger partial charge in [-0.3, -0.25) is 9.59 Å². The smallest absolute Gasteiger partial charge is 0.287 e. The van der Waals surface area contributed by atoms with Gasteiger partial charge in [0, 0.05) is 25.4 Å². The fraction of sp³-hybridized carbons (Fsp3) is 0.190. The van der Waals surface area contributed by atoms with Gasteiger partial charge in [0.1, 0.15) is 18.4 Å². The van der Waals surface area contributed by atoms with Crippen LogP contribution in [-0.2, 0) is 11.2 Å². The minimum atomic E-state index is -0.799. The normalized spacial score (nSPS) is 16.1. The maximum atomic E-state index is 12.7. The summed E-state index contributed by atoms with van der Waals surface area (Å²) in [6, 6.07) is 16.4. The van der Waals surface area contributed by atoms with Crippen LogP contribution in [0.3, 0.4) is 0 Å². The molecule has 142 valence electrons. The van der Waals surface area contributed by atoms with Crippen LogP contribution < -0.4 is 15.0 Å². The van der Waals surface area contributed by atoms with E-state index in [0.29, 0.717) is 17.9 Å². The summed E-state index contributed by atoms with van der Waals surface area (Å²) in [5, 5.41) is 2.72. The maximum absolute atomic E-state index is 12.7. The predicted octanol–water partition coefficient (Wildman–Crippen LogP) is 2.15. The number of nitrogens with zero attached hydrogens (tertiary/aromatic N) is 2. The lowest BCUT2D eigenvalue weighted by atomic mass is 10.1. The van der Waals surface area contributed by atoms with Crippen molar-refractivity contribution in [3.05, 3.63) is 77.9 Å². The summed E-state index contributed by atoms with van der Waals surface area (Å²) in [5.41, 5.74) is 2.61. The summed E-state index contributed by atoms with van der Waals surface area (Å²) >= 11 is 0. The van der Waals surface area contributed by atoms with E-state index >= 15 is 0 Å². The number of fused-ring (bicyclic) bond motifs is 1. The predicted molar refractivity (Wildman–Crippen MR) is 104 cm³/mol. The third-order valence-electron chi connectivity index (χ3n) is 4.65. The number of anilines is 1. The van der Waals surface area contributed by atoms with Crippen LogP contribution in [0.25, 0.3) is 0 Å². The lowest BCUT2D eigenvalue weighted by molar-refractivity contribution is -0.120. The maximum Gasteiger partial charge on any atom is 0.287 e. The molecule has 0 unspecified atom stereocenters. The Hall–Kier alpha value is -3.61. The molecule has 0 aliphatic carbocycles. The number of aromatic amines is 1. The molecule has 1 aromatic heterocycles. The molecule has 0 spiro atoms. The number of likely N-dealkylation sites (N-methyl/N-ethyl adjacent to an activating group) is 1. The van der Waals surface area contributed by atoms with Gasteiger partial charge < -0.3 is 19.9 Å². The van der Waals surface area contributed by atoms with Crippen molar-refractivity contribution in [2.45, 2.75) is 12.5 Å². The van der Waals surface area contributed by atoms with Gasteiger partial charge in [-0.25, -0.2) is 4.98 Å². The van der Waals surface area contributed by atoms with Crippen molar-refractivity contribution in [1.29, 1.82) is 0 Å². The molecule has 2 heterocycles. The van der Waals surface area contributed by atoms with Crippen molar-refractivity contribution >= 4 is 17.5 Å². The van der Waals surface area contributed by atoms with Gasteiger partial charge in [-0.1, -0.05) is 42.5 Å². The zero-order valence-corrected chi connectivity index (χ0v) is 15.4. The van der Waals surface area contributed by atoms with Crippen molar-refractivity contribution in [3.63, 3.8) is 0 Å². The molecule has 7 heteroatoms. The summed E-state index contributed by atoms with van der Waals surface area (Å²) in [6.07, 6.45) is 2.28. The molecule has 0 saturated carbocycles. The summed E-state index contributed by atoms with van der Waals surface area (Å²) in [6.45, 7) is 0.0590. The standard InChI is InChI=1S/C21H20N4O3/c1-25-17-9-5-6-10-18(17)28-13-16(21(25)27)24-20(26)19-22-12-15(23-19)11-14-7-3-2-4-8-14/h2-10,12,16H,11,13H2,1H3,(H,22,23)(H,24,26)/t16-/m0/s1. The quantitative estimate of drug-likeness (QED) is 0.730. The summed E-state index contributed by atoms with van der Waals surface area (Å²) in [5.74, 6) is 0.0939. The van der Waals surface area contributed by atoms with Crippen molar-refractivity contribution in [2.24, 2.45) is 0 Å². The van der Waals surface area contributed by atoms with Crippen molar-refractivity contribution in [1.82, 2.24) is 15.3 Å². The third-order valence-corrected chi connectivity index (χ3v) is 4.65. The second-order valence-corrected chi connectivity index (χ2v) is 6.62. The van der Waals surface area contributed by atoms with Crippen LogP contribution in [0.5, 0.6) is 5.75 Å². The number of amides is 2. The van der Waals surface area contributed by atoms with E-state index in [9.17, 15) is 9.59 Å². The minimum absolute atomic E-state index is 0.0590. The highest BCUT2D eigenvalue weighted by atomic mass is 16.5. The first kappa shape index (κ1) is 17.8. The van der Waals surface area contributed by atoms with E-state index < -0.39 is 11.9 Å². The second-order valence-electron chi connectivity index (χ2n) is 6.62. The molecule has 4 rings (SSSR count). The van der Waals surface area contributed by atoms with Crippen LogP contribution in [0.1, 0.15) is 21.9 Å². The molecule has 0 fully saturated rings. The van der Waals surface area contributed by atoms with Gasteiger partial charge in [-0.2, -0.15) is 0 Å². The molecular weight excluding hydrogens is 356 g/mol. The topological polar surface area (TPSA) is 87.3 Å². The highest BCUT2D eigenvalue weighted by Gasteiger charge is 2.31. The summed E-state index contributed by atoms with van der Waals surface area (Å²) < 4.78 is 5.72. The number of aromatic nitrogens is 2. The number of carbonyl (C=O) groups excluding carboxylic acids is 2. The molecule has 0 saturated heterocycles. The van der Waals surface area contributed by atoms with E-state index in [1.165, 1.54) is 4.90 Å². The van der Waals surface area contributed by atoms with Crippen LogP contribution in [0.4, 0.5) is 5.69 Å². The van der Waals surface area contributed by atoms with E-state index in [1.807, 2.05) is 42.5 Å². The number of hydrogen-bond donors (Lipinski definition) is 2. The monoisotopic (exact) mass is 376 g/mol. The Kier molecular flexibility index (Phi) is 4.80. The number of H-pyrrole nitrogens is 1. The van der Waals surface area contributed by atoms with Gasteiger partial charge in [-0.15, -0.1) is 0 Å². The first-order valence-corrected chi connectivity index (χ1v) is 9.00. The zero-order chi connectivity index (χ0) is 19.5. The highest BCUT2D eigenvalue weighted by Crippen LogP contribution is 2.29. The number of nitrogens with one attached hydrogen (secondary N) is 2. The van der Waals surface area contributed by atoms with E-state index in [4.69, 9.17) is 4.74 Å². The Labute approximate surface area is 162 Å². The fourth-order valence-electron chi connectivity index (χ4n) is 3.16. The first-order chi connectivity index (χ1) is 13.6. The SMILES string of the molecule is CN1C(=O)[C@@H](NC(=O)c2ncc(Cc3ccccc3)[nH]2)COc2ccccc21. The first-order valence-electron chi connectivity index (χ1n) is 9.00. The molecule has 2 amide bonds. The minimum Gasteiger partial charge on any atom is -0.489 e. The van der Waals surface area contributed by atoms with E-state index in [1.54, 1.807) is 25.4 Å². The molecular formula is C21H20N4O3. The third kappa shape index (κ3) is 3.59. The van der Waals surface area contributed by atoms with Crippen LogP contribution in [0.2, 0.25) is 0 Å². The van der Waals surface area contributed by atoms with E-state index in [0.717, 1.165) is 11.3 Å². The average molecular weight is 376 g/mol. The van der Waals surface area contributed by atoms with Crippen LogP contribution in [-0.4, -0.2) is 41.5 Å². The van der Waals surface area contributed by atoms with Gasteiger partial charge >= 0.3 is 0 Å². The Morgan fingerprint density at radius 3 is 2.79 bits per heavy atom. The van der Waals surface area contributed by atoms with Crippen LogP contribution in [0.15, 0.2) is 60.8 Å². The number of para-hydroxylation sites is 2. The number of carbonyl (C=O) groups is 2. The molecule has 1 aliphatic rings. The van der Waals surface area contributed by atoms with Crippen molar-refractivity contribution in [2.75, 3.05) is 18.6 Å². The molecule has 2 aromatic carbocycles. The Bertz CT molecular complexity index is 1000. The summed E-state index contributed by atoms with van der Waals surface area (Å²) in [4.78, 5) is 34.0. The van der Waals surface area contributed by atoms with Crippen LogP contribution >= 0.6 is 0 Å².